The molecule has 0 fully saturated rings. The van der Waals surface area contributed by atoms with E-state index in [1.807, 2.05) is 37.3 Å². The third kappa shape index (κ3) is 8.76. The summed E-state index contributed by atoms with van der Waals surface area (Å²) in [6.07, 6.45) is 0.517. The largest absolute Gasteiger partial charge is 0.464 e. The van der Waals surface area contributed by atoms with Gasteiger partial charge >= 0.3 is 5.97 Å². The van der Waals surface area contributed by atoms with Gasteiger partial charge in [-0.3, -0.25) is 9.59 Å². The molecule has 0 unspecified atom stereocenters. The van der Waals surface area contributed by atoms with Crippen molar-refractivity contribution in [2.75, 3.05) is 23.9 Å². The van der Waals surface area contributed by atoms with Gasteiger partial charge in [-0.15, -0.1) is 0 Å². The van der Waals surface area contributed by atoms with Gasteiger partial charge in [0.1, 0.15) is 6.04 Å². The van der Waals surface area contributed by atoms with E-state index >= 15 is 0 Å². The average molecular weight is 398 g/mol. The van der Waals surface area contributed by atoms with Crippen molar-refractivity contribution in [2.24, 2.45) is 5.92 Å². The first-order valence-corrected chi connectivity index (χ1v) is 10.8. The number of carbonyl (C=O) groups excluding carboxylic acids is 3. The molecule has 0 heterocycles. The zero-order chi connectivity index (χ0) is 19.4. The van der Waals surface area contributed by atoms with E-state index in [4.69, 9.17) is 4.74 Å². The number of nitrogens with one attached hydrogen (secondary N) is 1. The molecule has 0 aliphatic carbocycles. The lowest BCUT2D eigenvalue weighted by molar-refractivity contribution is -0.147. The highest BCUT2D eigenvalue weighted by molar-refractivity contribution is 8.13. The van der Waals surface area contributed by atoms with E-state index < -0.39 is 17.9 Å². The minimum atomic E-state index is -0.673. The highest BCUT2D eigenvalue weighted by Gasteiger charge is 2.27. The van der Waals surface area contributed by atoms with Gasteiger partial charge in [0.15, 0.2) is 5.12 Å². The Bertz CT molecular complexity index is 580. The number of benzene rings is 1. The molecule has 0 spiro atoms. The number of hydrogen-bond acceptors (Lipinski definition) is 6. The van der Waals surface area contributed by atoms with Crippen molar-refractivity contribution in [3.8, 4) is 0 Å². The Morgan fingerprint density at radius 3 is 2.38 bits per heavy atom. The van der Waals surface area contributed by atoms with Crippen LogP contribution in [-0.4, -0.2) is 46.9 Å². The maximum atomic E-state index is 12.8. The van der Waals surface area contributed by atoms with Gasteiger partial charge in [-0.25, -0.2) is 4.79 Å². The van der Waals surface area contributed by atoms with E-state index in [9.17, 15) is 14.4 Å². The molecular weight excluding hydrogens is 370 g/mol. The molecule has 0 saturated carbocycles. The summed E-state index contributed by atoms with van der Waals surface area (Å²) >= 11 is 2.70. The molecule has 26 heavy (non-hydrogen) atoms. The Labute approximate surface area is 164 Å². The van der Waals surface area contributed by atoms with Gasteiger partial charge in [0.2, 0.25) is 5.91 Å². The Hall–Kier alpha value is -1.47. The summed E-state index contributed by atoms with van der Waals surface area (Å²) in [6.45, 7) is 5.50. The third-order valence-corrected chi connectivity index (χ3v) is 5.51. The van der Waals surface area contributed by atoms with E-state index in [1.54, 1.807) is 18.7 Å². The van der Waals surface area contributed by atoms with E-state index in [-0.39, 0.29) is 17.6 Å². The first-order chi connectivity index (χ1) is 12.5. The molecule has 144 valence electrons. The predicted octanol–water partition coefficient (Wildman–Crippen LogP) is 2.93. The minimum absolute atomic E-state index is 0.0284. The summed E-state index contributed by atoms with van der Waals surface area (Å²) in [6, 6.07) is 8.99. The van der Waals surface area contributed by atoms with Crippen molar-refractivity contribution in [1.82, 2.24) is 5.32 Å². The van der Waals surface area contributed by atoms with E-state index in [2.05, 4.69) is 5.32 Å². The molecule has 0 radical (unpaired) electrons. The molecule has 7 heteroatoms. The number of ether oxygens (including phenoxy) is 1. The quantitative estimate of drug-likeness (QED) is 0.579. The molecule has 1 N–H and O–H groups in total. The fourth-order valence-corrected chi connectivity index (χ4v) is 3.68. The molecular formula is C19H27NO4S2. The molecule has 0 aromatic heterocycles. The molecule has 1 amide bonds. The minimum Gasteiger partial charge on any atom is -0.464 e. The van der Waals surface area contributed by atoms with Crippen molar-refractivity contribution in [3.63, 3.8) is 0 Å². The first-order valence-electron chi connectivity index (χ1n) is 8.69. The van der Waals surface area contributed by atoms with Crippen LogP contribution in [0.4, 0.5) is 0 Å². The lowest BCUT2D eigenvalue weighted by Crippen LogP contribution is -2.47. The fourth-order valence-electron chi connectivity index (χ4n) is 2.28. The van der Waals surface area contributed by atoms with Crippen LogP contribution in [0.5, 0.6) is 0 Å². The van der Waals surface area contributed by atoms with Gasteiger partial charge < -0.3 is 10.1 Å². The van der Waals surface area contributed by atoms with Gasteiger partial charge in [0.05, 0.1) is 12.5 Å². The van der Waals surface area contributed by atoms with Gasteiger partial charge in [-0.05, 0) is 24.7 Å². The van der Waals surface area contributed by atoms with Crippen LogP contribution in [0.15, 0.2) is 30.3 Å². The Morgan fingerprint density at radius 2 is 1.81 bits per heavy atom. The normalized spacial score (nSPS) is 12.9. The van der Waals surface area contributed by atoms with Gasteiger partial charge in [0, 0.05) is 18.4 Å². The summed E-state index contributed by atoms with van der Waals surface area (Å²) in [4.78, 5) is 36.2. The molecule has 0 bridgehead atoms. The Balaban J connectivity index is 2.82. The van der Waals surface area contributed by atoms with Crippen molar-refractivity contribution in [2.45, 2.75) is 33.2 Å². The zero-order valence-electron chi connectivity index (χ0n) is 15.5. The van der Waals surface area contributed by atoms with Crippen LogP contribution in [0, 0.1) is 5.92 Å². The van der Waals surface area contributed by atoms with Crippen LogP contribution in [0.1, 0.15) is 26.3 Å². The van der Waals surface area contributed by atoms with Gasteiger partial charge in [0.25, 0.3) is 0 Å². The van der Waals surface area contributed by atoms with E-state index in [1.165, 1.54) is 6.92 Å². The zero-order valence-corrected chi connectivity index (χ0v) is 17.2. The van der Waals surface area contributed by atoms with Crippen LogP contribution in [0.3, 0.4) is 0 Å². The maximum Gasteiger partial charge on any atom is 0.329 e. The standard InChI is InChI=1S/C19H27NO4S2/c1-4-24-19(23)17(13-25-5-2)20-18(22)16(12-26-14(3)21)11-15-9-7-6-8-10-15/h6-10,16-17H,4-5,11-13H2,1-3H3,(H,20,22)/t16-,17-/m0/s1. The summed E-state index contributed by atoms with van der Waals surface area (Å²) < 4.78 is 5.07. The topological polar surface area (TPSA) is 72.5 Å². The molecule has 0 aliphatic rings. The van der Waals surface area contributed by atoms with Crippen LogP contribution in [-0.2, 0) is 25.5 Å². The molecule has 0 aliphatic heterocycles. The number of hydrogen-bond donors (Lipinski definition) is 1. The van der Waals surface area contributed by atoms with Crippen molar-refractivity contribution < 1.29 is 19.1 Å². The second-order valence-electron chi connectivity index (χ2n) is 5.66. The van der Waals surface area contributed by atoms with Crippen LogP contribution in [0.2, 0.25) is 0 Å². The highest BCUT2D eigenvalue weighted by Crippen LogP contribution is 2.16. The summed E-state index contributed by atoms with van der Waals surface area (Å²) in [5.74, 6) is 0.664. The summed E-state index contributed by atoms with van der Waals surface area (Å²) in [5.41, 5.74) is 1.02. The monoisotopic (exact) mass is 397 g/mol. The Kier molecular flexibility index (Phi) is 11.1. The molecule has 2 atom stereocenters. The number of carbonyl (C=O) groups is 3. The lowest BCUT2D eigenvalue weighted by Gasteiger charge is -2.21. The van der Waals surface area contributed by atoms with Gasteiger partial charge in [-0.2, -0.15) is 11.8 Å². The van der Waals surface area contributed by atoms with Crippen LogP contribution >= 0.6 is 23.5 Å². The van der Waals surface area contributed by atoms with Crippen molar-refractivity contribution >= 4 is 40.5 Å². The summed E-state index contributed by atoms with van der Waals surface area (Å²) in [5, 5.41) is 2.79. The first kappa shape index (κ1) is 22.6. The van der Waals surface area contributed by atoms with Crippen molar-refractivity contribution in [3.05, 3.63) is 35.9 Å². The maximum absolute atomic E-state index is 12.8. The fraction of sp³-hybridized carbons (Fsp3) is 0.526. The molecule has 1 aromatic rings. The third-order valence-electron chi connectivity index (χ3n) is 3.56. The second-order valence-corrected chi connectivity index (χ2v) is 8.18. The van der Waals surface area contributed by atoms with E-state index in [0.717, 1.165) is 23.1 Å². The van der Waals surface area contributed by atoms with Gasteiger partial charge in [-0.1, -0.05) is 49.0 Å². The van der Waals surface area contributed by atoms with Crippen LogP contribution < -0.4 is 5.32 Å². The summed E-state index contributed by atoms with van der Waals surface area (Å²) in [7, 11) is 0. The number of rotatable bonds is 11. The SMILES string of the molecule is CCOC(=O)[C@H](CSCC)NC(=O)[C@H](CSC(C)=O)Cc1ccccc1. The van der Waals surface area contributed by atoms with Crippen molar-refractivity contribution in [1.29, 1.82) is 0 Å². The predicted molar refractivity (Wildman–Crippen MR) is 108 cm³/mol. The highest BCUT2D eigenvalue weighted by atomic mass is 32.2. The molecule has 1 rings (SSSR count). The smallest absolute Gasteiger partial charge is 0.329 e. The molecule has 0 saturated heterocycles. The molecule has 5 nitrogen and oxygen atoms in total. The number of thioether (sulfide) groups is 2. The second kappa shape index (κ2) is 12.8. The van der Waals surface area contributed by atoms with Crippen LogP contribution in [0.25, 0.3) is 0 Å². The number of amides is 1. The van der Waals surface area contributed by atoms with E-state index in [0.29, 0.717) is 17.9 Å². The number of esters is 1. The lowest BCUT2D eigenvalue weighted by atomic mass is 10.00. The average Bonchev–Trinajstić information content (AvgIpc) is 2.62. The Morgan fingerprint density at radius 1 is 1.12 bits per heavy atom. The molecule has 1 aromatic carbocycles.